The van der Waals surface area contributed by atoms with Crippen molar-refractivity contribution >= 4 is 6.01 Å². The maximum atomic E-state index is 9.37. The van der Waals surface area contributed by atoms with Gasteiger partial charge in [-0.2, -0.15) is 0 Å². The number of phenolic OH excluding ortho intramolecular Hbond substituents is 1. The second-order valence-corrected chi connectivity index (χ2v) is 2.83. The van der Waals surface area contributed by atoms with Gasteiger partial charge in [-0.3, -0.25) is 0 Å². The third-order valence-corrected chi connectivity index (χ3v) is 1.87. The van der Waals surface area contributed by atoms with Gasteiger partial charge < -0.3 is 20.0 Å². The molecule has 15 heavy (non-hydrogen) atoms. The SMILES string of the molecule is COc1cc(-c2nnc(N)o2)ccc1O. The van der Waals surface area contributed by atoms with E-state index in [2.05, 4.69) is 10.2 Å². The van der Waals surface area contributed by atoms with Crippen molar-refractivity contribution in [1.29, 1.82) is 0 Å². The third kappa shape index (κ3) is 1.69. The Morgan fingerprint density at radius 1 is 1.40 bits per heavy atom. The van der Waals surface area contributed by atoms with Crippen LogP contribution in [0.4, 0.5) is 6.01 Å². The van der Waals surface area contributed by atoms with Crippen LogP contribution in [0.5, 0.6) is 11.5 Å². The van der Waals surface area contributed by atoms with Gasteiger partial charge in [-0.05, 0) is 18.2 Å². The van der Waals surface area contributed by atoms with Crippen LogP contribution in [-0.2, 0) is 0 Å². The van der Waals surface area contributed by atoms with Gasteiger partial charge >= 0.3 is 6.01 Å². The van der Waals surface area contributed by atoms with E-state index in [1.807, 2.05) is 0 Å². The maximum absolute atomic E-state index is 9.37. The Labute approximate surface area is 85.3 Å². The molecular weight excluding hydrogens is 198 g/mol. The molecule has 0 aliphatic rings. The van der Waals surface area contributed by atoms with Crippen LogP contribution >= 0.6 is 0 Å². The molecule has 78 valence electrons. The van der Waals surface area contributed by atoms with Gasteiger partial charge in [0.25, 0.3) is 0 Å². The molecule has 6 nitrogen and oxygen atoms in total. The van der Waals surface area contributed by atoms with Crippen LogP contribution in [0.1, 0.15) is 0 Å². The van der Waals surface area contributed by atoms with E-state index in [1.165, 1.54) is 13.2 Å². The maximum Gasteiger partial charge on any atom is 0.313 e. The molecule has 0 saturated heterocycles. The number of hydrogen-bond donors (Lipinski definition) is 2. The van der Waals surface area contributed by atoms with Gasteiger partial charge in [0.2, 0.25) is 5.89 Å². The summed E-state index contributed by atoms with van der Waals surface area (Å²) >= 11 is 0. The number of aromatic hydroxyl groups is 1. The molecule has 0 saturated carbocycles. The number of phenols is 1. The van der Waals surface area contributed by atoms with Crippen molar-refractivity contribution in [2.45, 2.75) is 0 Å². The van der Waals surface area contributed by atoms with E-state index in [4.69, 9.17) is 14.9 Å². The van der Waals surface area contributed by atoms with Crippen LogP contribution in [0.2, 0.25) is 0 Å². The van der Waals surface area contributed by atoms with E-state index >= 15 is 0 Å². The van der Waals surface area contributed by atoms with Gasteiger partial charge in [0.05, 0.1) is 7.11 Å². The molecule has 6 heteroatoms. The molecule has 0 radical (unpaired) electrons. The first-order valence-corrected chi connectivity index (χ1v) is 4.17. The number of aromatic nitrogens is 2. The fraction of sp³-hybridized carbons (Fsp3) is 0.111. The Bertz CT molecular complexity index is 481. The summed E-state index contributed by atoms with van der Waals surface area (Å²) in [6.45, 7) is 0. The van der Waals surface area contributed by atoms with E-state index in [0.717, 1.165) is 0 Å². The van der Waals surface area contributed by atoms with E-state index < -0.39 is 0 Å². The highest BCUT2D eigenvalue weighted by atomic mass is 16.5. The zero-order valence-electron chi connectivity index (χ0n) is 7.97. The number of benzene rings is 1. The van der Waals surface area contributed by atoms with Gasteiger partial charge in [-0.25, -0.2) is 0 Å². The Morgan fingerprint density at radius 3 is 2.80 bits per heavy atom. The summed E-state index contributed by atoms with van der Waals surface area (Å²) in [4.78, 5) is 0. The standard InChI is InChI=1S/C9H9N3O3/c1-14-7-4-5(2-3-6(7)13)8-11-12-9(10)15-8/h2-4,13H,1H3,(H2,10,12). The average Bonchev–Trinajstić information content (AvgIpc) is 2.66. The minimum Gasteiger partial charge on any atom is -0.504 e. The van der Waals surface area contributed by atoms with E-state index in [0.29, 0.717) is 11.3 Å². The van der Waals surface area contributed by atoms with E-state index in [-0.39, 0.29) is 17.7 Å². The molecule has 0 spiro atoms. The van der Waals surface area contributed by atoms with Crippen LogP contribution in [0, 0.1) is 0 Å². The molecule has 2 aromatic rings. The first-order valence-electron chi connectivity index (χ1n) is 4.17. The predicted octanol–water partition coefficient (Wildman–Crippen LogP) is 1.03. The summed E-state index contributed by atoms with van der Waals surface area (Å²) in [5.41, 5.74) is 5.93. The molecule has 0 aliphatic heterocycles. The predicted molar refractivity (Wildman–Crippen MR) is 52.4 cm³/mol. The molecular formula is C9H9N3O3. The summed E-state index contributed by atoms with van der Waals surface area (Å²) in [6, 6.07) is 4.69. The first-order chi connectivity index (χ1) is 7.20. The lowest BCUT2D eigenvalue weighted by Gasteiger charge is -2.03. The number of rotatable bonds is 2. The monoisotopic (exact) mass is 207 g/mol. The fourth-order valence-corrected chi connectivity index (χ4v) is 1.16. The molecule has 0 amide bonds. The Balaban J connectivity index is 2.45. The molecule has 1 heterocycles. The minimum absolute atomic E-state index is 0.00274. The highest BCUT2D eigenvalue weighted by molar-refractivity contribution is 5.59. The number of hydrogen-bond acceptors (Lipinski definition) is 6. The largest absolute Gasteiger partial charge is 0.504 e. The van der Waals surface area contributed by atoms with Gasteiger partial charge in [0, 0.05) is 5.56 Å². The van der Waals surface area contributed by atoms with Crippen molar-refractivity contribution in [2.75, 3.05) is 12.8 Å². The second kappa shape index (κ2) is 3.49. The molecule has 1 aromatic heterocycles. The van der Waals surface area contributed by atoms with Crippen molar-refractivity contribution in [3.63, 3.8) is 0 Å². The summed E-state index contributed by atoms with van der Waals surface area (Å²) in [5.74, 6) is 0.670. The van der Waals surface area contributed by atoms with Crippen LogP contribution in [0.25, 0.3) is 11.5 Å². The summed E-state index contributed by atoms with van der Waals surface area (Å²) in [7, 11) is 1.46. The van der Waals surface area contributed by atoms with Crippen molar-refractivity contribution in [2.24, 2.45) is 0 Å². The Kier molecular flexibility index (Phi) is 2.17. The highest BCUT2D eigenvalue weighted by Gasteiger charge is 2.09. The van der Waals surface area contributed by atoms with Crippen molar-refractivity contribution in [1.82, 2.24) is 10.2 Å². The molecule has 0 atom stereocenters. The first kappa shape index (κ1) is 9.32. The number of methoxy groups -OCH3 is 1. The smallest absolute Gasteiger partial charge is 0.313 e. The quantitative estimate of drug-likeness (QED) is 0.763. The van der Waals surface area contributed by atoms with E-state index in [1.54, 1.807) is 12.1 Å². The van der Waals surface area contributed by atoms with Crippen LogP contribution in [0.15, 0.2) is 22.6 Å². The summed E-state index contributed by atoms with van der Waals surface area (Å²) in [5, 5.41) is 16.6. The van der Waals surface area contributed by atoms with Crippen LogP contribution in [0.3, 0.4) is 0 Å². The van der Waals surface area contributed by atoms with Crippen LogP contribution < -0.4 is 10.5 Å². The number of ether oxygens (including phenoxy) is 1. The summed E-state index contributed by atoms with van der Waals surface area (Å²) < 4.78 is 9.97. The molecule has 1 aromatic carbocycles. The van der Waals surface area contributed by atoms with Gasteiger partial charge in [0.1, 0.15) is 0 Å². The molecule has 0 fully saturated rings. The van der Waals surface area contributed by atoms with Gasteiger partial charge in [-0.1, -0.05) is 5.10 Å². The molecule has 0 aliphatic carbocycles. The Morgan fingerprint density at radius 2 is 2.20 bits per heavy atom. The lowest BCUT2D eigenvalue weighted by atomic mass is 10.2. The number of nitrogen functional groups attached to an aromatic ring is 1. The molecule has 0 unspecified atom stereocenters. The number of nitrogens with zero attached hydrogens (tertiary/aromatic N) is 2. The van der Waals surface area contributed by atoms with E-state index in [9.17, 15) is 5.11 Å². The third-order valence-electron chi connectivity index (χ3n) is 1.87. The molecule has 2 rings (SSSR count). The van der Waals surface area contributed by atoms with Gasteiger partial charge in [-0.15, -0.1) is 5.10 Å². The lowest BCUT2D eigenvalue weighted by molar-refractivity contribution is 0.373. The zero-order chi connectivity index (χ0) is 10.8. The number of anilines is 1. The molecule has 3 N–H and O–H groups in total. The lowest BCUT2D eigenvalue weighted by Crippen LogP contribution is -1.85. The summed E-state index contributed by atoms with van der Waals surface area (Å²) in [6.07, 6.45) is 0. The zero-order valence-corrected chi connectivity index (χ0v) is 7.97. The minimum atomic E-state index is -0.00274. The number of nitrogens with two attached hydrogens (primary N) is 1. The average molecular weight is 207 g/mol. The van der Waals surface area contributed by atoms with Crippen molar-refractivity contribution in [3.8, 4) is 23.0 Å². The fourth-order valence-electron chi connectivity index (χ4n) is 1.16. The van der Waals surface area contributed by atoms with Crippen LogP contribution in [-0.4, -0.2) is 22.4 Å². The van der Waals surface area contributed by atoms with Gasteiger partial charge in [0.15, 0.2) is 11.5 Å². The van der Waals surface area contributed by atoms with Crippen molar-refractivity contribution < 1.29 is 14.3 Å². The molecule has 0 bridgehead atoms. The van der Waals surface area contributed by atoms with Crippen molar-refractivity contribution in [3.05, 3.63) is 18.2 Å². The normalized spacial score (nSPS) is 10.2. The Hall–Kier alpha value is -2.24. The topological polar surface area (TPSA) is 94.4 Å². The second-order valence-electron chi connectivity index (χ2n) is 2.83. The highest BCUT2D eigenvalue weighted by Crippen LogP contribution is 2.30.